The van der Waals surface area contributed by atoms with Crippen molar-refractivity contribution in [2.75, 3.05) is 6.54 Å². The van der Waals surface area contributed by atoms with Crippen molar-refractivity contribution in [3.8, 4) is 11.3 Å². The van der Waals surface area contributed by atoms with Crippen LogP contribution < -0.4 is 5.32 Å². The first-order valence-electron chi connectivity index (χ1n) is 5.96. The first kappa shape index (κ1) is 12.7. The number of aromatic amines is 1. The van der Waals surface area contributed by atoms with Crippen LogP contribution in [0.15, 0.2) is 34.9 Å². The number of halogens is 3. The summed E-state index contributed by atoms with van der Waals surface area (Å²) < 4.78 is 27.3. The van der Waals surface area contributed by atoms with Crippen molar-refractivity contribution in [3.63, 3.8) is 0 Å². The van der Waals surface area contributed by atoms with Crippen molar-refractivity contribution < 1.29 is 8.78 Å². The van der Waals surface area contributed by atoms with Crippen LogP contribution in [0.4, 0.5) is 8.78 Å². The highest BCUT2D eigenvalue weighted by Gasteiger charge is 2.40. The molecule has 100 valence electrons. The molecule has 1 aromatic carbocycles. The van der Waals surface area contributed by atoms with Gasteiger partial charge in [-0.1, -0.05) is 28.1 Å². The lowest BCUT2D eigenvalue weighted by atomic mass is 10.2. The molecule has 0 saturated carbocycles. The lowest BCUT2D eigenvalue weighted by Gasteiger charge is -2.06. The highest BCUT2D eigenvalue weighted by molar-refractivity contribution is 9.10. The number of nitrogens with one attached hydrogen (secondary N) is 2. The fourth-order valence-corrected chi connectivity index (χ4v) is 2.62. The van der Waals surface area contributed by atoms with E-state index in [1.54, 1.807) is 6.20 Å². The Labute approximate surface area is 117 Å². The average Bonchev–Trinajstić information content (AvgIpc) is 2.95. The van der Waals surface area contributed by atoms with E-state index in [1.165, 1.54) is 0 Å². The first-order chi connectivity index (χ1) is 9.03. The number of benzene rings is 1. The number of hydrogen-bond acceptors (Lipinski definition) is 2. The molecule has 1 aliphatic rings. The Hall–Kier alpha value is -1.27. The Bertz CT molecular complexity index is 597. The van der Waals surface area contributed by atoms with Crippen LogP contribution in [0.3, 0.4) is 0 Å². The van der Waals surface area contributed by atoms with Gasteiger partial charge in [0.15, 0.2) is 0 Å². The van der Waals surface area contributed by atoms with Crippen LogP contribution in [-0.4, -0.2) is 22.4 Å². The Morgan fingerprint density at radius 1 is 1.37 bits per heavy atom. The van der Waals surface area contributed by atoms with E-state index in [2.05, 4.69) is 31.2 Å². The topological polar surface area (TPSA) is 40.7 Å². The predicted octanol–water partition coefficient (Wildman–Crippen LogP) is 3.51. The summed E-state index contributed by atoms with van der Waals surface area (Å²) in [6.45, 7) is -0.287. The van der Waals surface area contributed by atoms with Crippen LogP contribution in [0.1, 0.15) is 18.3 Å². The van der Waals surface area contributed by atoms with E-state index in [9.17, 15) is 8.78 Å². The third-order valence-electron chi connectivity index (χ3n) is 3.17. The molecule has 1 fully saturated rings. The van der Waals surface area contributed by atoms with Crippen molar-refractivity contribution >= 4 is 15.9 Å². The van der Waals surface area contributed by atoms with Crippen LogP contribution in [0.2, 0.25) is 0 Å². The van der Waals surface area contributed by atoms with Gasteiger partial charge in [-0.05, 0) is 12.1 Å². The Morgan fingerprint density at radius 3 is 2.89 bits per heavy atom. The van der Waals surface area contributed by atoms with Gasteiger partial charge in [-0.2, -0.15) is 0 Å². The molecule has 1 aromatic heterocycles. The number of H-pyrrole nitrogens is 1. The Morgan fingerprint density at radius 2 is 2.21 bits per heavy atom. The van der Waals surface area contributed by atoms with Gasteiger partial charge < -0.3 is 10.3 Å². The van der Waals surface area contributed by atoms with E-state index in [4.69, 9.17) is 0 Å². The maximum Gasteiger partial charge on any atom is 0.262 e. The molecular formula is C13H12BrF2N3. The van der Waals surface area contributed by atoms with Gasteiger partial charge in [-0.25, -0.2) is 13.8 Å². The lowest BCUT2D eigenvalue weighted by molar-refractivity contribution is 0.0208. The van der Waals surface area contributed by atoms with Gasteiger partial charge in [-0.15, -0.1) is 0 Å². The van der Waals surface area contributed by atoms with Gasteiger partial charge in [0, 0.05) is 16.5 Å². The minimum atomic E-state index is -2.65. The quantitative estimate of drug-likeness (QED) is 0.886. The maximum atomic E-state index is 13.2. The zero-order valence-electron chi connectivity index (χ0n) is 9.96. The number of aromatic nitrogens is 2. The second-order valence-electron chi connectivity index (χ2n) is 4.69. The maximum absolute atomic E-state index is 13.2. The predicted molar refractivity (Wildman–Crippen MR) is 72.0 cm³/mol. The molecule has 1 aliphatic heterocycles. The summed E-state index contributed by atoms with van der Waals surface area (Å²) in [5, 5.41) is 2.79. The summed E-state index contributed by atoms with van der Waals surface area (Å²) in [6.07, 6.45) is 1.47. The molecule has 0 bridgehead atoms. The molecule has 0 unspecified atom stereocenters. The molecular weight excluding hydrogens is 316 g/mol. The Kier molecular flexibility index (Phi) is 3.14. The van der Waals surface area contributed by atoms with Crippen LogP contribution in [0, 0.1) is 0 Å². The molecule has 3 rings (SSSR count). The zero-order valence-corrected chi connectivity index (χ0v) is 11.5. The van der Waals surface area contributed by atoms with Gasteiger partial charge in [0.25, 0.3) is 5.92 Å². The van der Waals surface area contributed by atoms with E-state index in [0.717, 1.165) is 15.7 Å². The number of imidazole rings is 1. The van der Waals surface area contributed by atoms with Crippen molar-refractivity contribution in [2.24, 2.45) is 0 Å². The second kappa shape index (κ2) is 4.68. The summed E-state index contributed by atoms with van der Waals surface area (Å²) in [6, 6.07) is 7.34. The molecule has 3 nitrogen and oxygen atoms in total. The SMILES string of the molecule is FC1(F)CN[C@H](c2ncc(-c3cccc(Br)c3)[nH]2)C1. The van der Waals surface area contributed by atoms with E-state index in [-0.39, 0.29) is 13.0 Å². The van der Waals surface area contributed by atoms with Crippen molar-refractivity contribution in [1.29, 1.82) is 0 Å². The zero-order chi connectivity index (χ0) is 13.5. The van der Waals surface area contributed by atoms with Crippen LogP contribution in [-0.2, 0) is 0 Å². The summed E-state index contributed by atoms with van der Waals surface area (Å²) in [4.78, 5) is 7.31. The highest BCUT2D eigenvalue weighted by Crippen LogP contribution is 2.33. The minimum Gasteiger partial charge on any atom is -0.341 e. The summed E-state index contributed by atoms with van der Waals surface area (Å²) in [5.74, 6) is -2.08. The minimum absolute atomic E-state index is 0.210. The number of rotatable bonds is 2. The molecule has 19 heavy (non-hydrogen) atoms. The molecule has 2 heterocycles. The van der Waals surface area contributed by atoms with Crippen LogP contribution >= 0.6 is 15.9 Å². The second-order valence-corrected chi connectivity index (χ2v) is 5.60. The summed E-state index contributed by atoms with van der Waals surface area (Å²) in [7, 11) is 0. The van der Waals surface area contributed by atoms with E-state index >= 15 is 0 Å². The van der Waals surface area contributed by atoms with E-state index in [0.29, 0.717) is 5.82 Å². The van der Waals surface area contributed by atoms with Gasteiger partial charge in [0.1, 0.15) is 5.82 Å². The third-order valence-corrected chi connectivity index (χ3v) is 3.66. The molecule has 1 saturated heterocycles. The fourth-order valence-electron chi connectivity index (χ4n) is 2.23. The largest absolute Gasteiger partial charge is 0.341 e. The normalized spacial score (nSPS) is 21.7. The van der Waals surface area contributed by atoms with Crippen molar-refractivity contribution in [3.05, 3.63) is 40.8 Å². The number of alkyl halides is 2. The molecule has 1 atom stereocenters. The van der Waals surface area contributed by atoms with E-state index < -0.39 is 12.0 Å². The highest BCUT2D eigenvalue weighted by atomic mass is 79.9. The first-order valence-corrected chi connectivity index (χ1v) is 6.75. The molecule has 0 spiro atoms. The standard InChI is InChI=1S/C13H12BrF2N3/c14-9-3-1-2-8(4-9)11-6-17-12(19-11)10-5-13(15,16)7-18-10/h1-4,6,10,18H,5,7H2,(H,17,19)/t10-/m0/s1. The Balaban J connectivity index is 1.84. The molecule has 0 aliphatic carbocycles. The van der Waals surface area contributed by atoms with Gasteiger partial charge >= 0.3 is 0 Å². The fraction of sp³-hybridized carbons (Fsp3) is 0.308. The van der Waals surface area contributed by atoms with Crippen molar-refractivity contribution in [1.82, 2.24) is 15.3 Å². The molecule has 2 aromatic rings. The third kappa shape index (κ3) is 2.69. The van der Waals surface area contributed by atoms with Gasteiger partial charge in [0.05, 0.1) is 24.5 Å². The lowest BCUT2D eigenvalue weighted by Crippen LogP contribution is -2.19. The van der Waals surface area contributed by atoms with Gasteiger partial charge in [0.2, 0.25) is 0 Å². The van der Waals surface area contributed by atoms with Gasteiger partial charge in [-0.3, -0.25) is 0 Å². The average molecular weight is 328 g/mol. The summed E-state index contributed by atoms with van der Waals surface area (Å²) in [5.41, 5.74) is 1.80. The molecule has 0 radical (unpaired) electrons. The molecule has 0 amide bonds. The van der Waals surface area contributed by atoms with Crippen LogP contribution in [0.25, 0.3) is 11.3 Å². The van der Waals surface area contributed by atoms with E-state index in [1.807, 2.05) is 24.3 Å². The monoisotopic (exact) mass is 327 g/mol. The number of nitrogens with zero attached hydrogens (tertiary/aromatic N) is 1. The molecule has 6 heteroatoms. The summed E-state index contributed by atoms with van der Waals surface area (Å²) >= 11 is 3.40. The molecule has 2 N–H and O–H groups in total. The smallest absolute Gasteiger partial charge is 0.262 e. The van der Waals surface area contributed by atoms with Crippen molar-refractivity contribution in [2.45, 2.75) is 18.4 Å². The number of hydrogen-bond donors (Lipinski definition) is 2. The van der Waals surface area contributed by atoms with Crippen LogP contribution in [0.5, 0.6) is 0 Å².